The maximum atomic E-state index is 13.3. The summed E-state index contributed by atoms with van der Waals surface area (Å²) >= 11 is 0. The second kappa shape index (κ2) is 9.17. The molecule has 0 bridgehead atoms. The summed E-state index contributed by atoms with van der Waals surface area (Å²) in [6.07, 6.45) is 0. The number of amides is 1. The van der Waals surface area contributed by atoms with E-state index in [1.807, 2.05) is 0 Å². The molecule has 1 heterocycles. The molecule has 1 aliphatic rings. The molecule has 170 valence electrons. The van der Waals surface area contributed by atoms with Crippen molar-refractivity contribution in [2.24, 2.45) is 0 Å². The Kier molecular flexibility index (Phi) is 6.13. The van der Waals surface area contributed by atoms with E-state index in [1.165, 1.54) is 30.3 Å². The summed E-state index contributed by atoms with van der Waals surface area (Å²) in [5.74, 6) is 0.584. The zero-order valence-electron chi connectivity index (χ0n) is 17.2. The lowest BCUT2D eigenvalue weighted by Crippen LogP contribution is -2.40. The van der Waals surface area contributed by atoms with E-state index in [4.69, 9.17) is 9.47 Å². The van der Waals surface area contributed by atoms with Gasteiger partial charge in [0.1, 0.15) is 6.54 Å². The van der Waals surface area contributed by atoms with Crippen LogP contribution in [0.4, 0.5) is 11.4 Å². The van der Waals surface area contributed by atoms with Gasteiger partial charge in [-0.25, -0.2) is 8.42 Å². The average Bonchev–Trinajstić information content (AvgIpc) is 3.29. The molecule has 3 aromatic carbocycles. The summed E-state index contributed by atoms with van der Waals surface area (Å²) in [6.45, 7) is -0.312. The zero-order chi connectivity index (χ0) is 23.4. The van der Waals surface area contributed by atoms with Crippen LogP contribution >= 0.6 is 0 Å². The molecule has 0 radical (unpaired) electrons. The molecule has 4 rings (SSSR count). The van der Waals surface area contributed by atoms with Crippen molar-refractivity contribution in [3.05, 3.63) is 88.5 Å². The van der Waals surface area contributed by atoms with Gasteiger partial charge in [-0.05, 0) is 35.9 Å². The minimum Gasteiger partial charge on any atom is -0.454 e. The van der Waals surface area contributed by atoms with Gasteiger partial charge in [-0.15, -0.1) is 0 Å². The molecule has 0 saturated carbocycles. The van der Waals surface area contributed by atoms with Crippen LogP contribution in [0.1, 0.15) is 5.56 Å². The van der Waals surface area contributed by atoms with Crippen LogP contribution < -0.4 is 19.1 Å². The minimum absolute atomic E-state index is 0.00582. The summed E-state index contributed by atoms with van der Waals surface area (Å²) in [6, 6.07) is 17.9. The SMILES string of the molecule is O=C(CN(c1cccc([N+](=O)[O-])c1)S(=O)(=O)c1ccccc1)NCc1ccc2c(c1)OCO2. The van der Waals surface area contributed by atoms with Crippen LogP contribution in [0.5, 0.6) is 11.5 Å². The normalized spacial score (nSPS) is 12.2. The Morgan fingerprint density at radius 1 is 1.00 bits per heavy atom. The quantitative estimate of drug-likeness (QED) is 0.397. The van der Waals surface area contributed by atoms with Crippen LogP contribution in [0.3, 0.4) is 0 Å². The number of sulfonamides is 1. The third kappa shape index (κ3) is 4.88. The maximum absolute atomic E-state index is 13.3. The smallest absolute Gasteiger partial charge is 0.271 e. The van der Waals surface area contributed by atoms with Gasteiger partial charge in [-0.2, -0.15) is 0 Å². The van der Waals surface area contributed by atoms with E-state index >= 15 is 0 Å². The van der Waals surface area contributed by atoms with E-state index in [-0.39, 0.29) is 29.6 Å². The molecule has 1 N–H and O–H groups in total. The molecule has 33 heavy (non-hydrogen) atoms. The fourth-order valence-electron chi connectivity index (χ4n) is 3.23. The van der Waals surface area contributed by atoms with Gasteiger partial charge < -0.3 is 14.8 Å². The number of hydrogen-bond donors (Lipinski definition) is 1. The molecule has 0 aliphatic carbocycles. The van der Waals surface area contributed by atoms with Crippen molar-refractivity contribution in [2.75, 3.05) is 17.6 Å². The van der Waals surface area contributed by atoms with Crippen molar-refractivity contribution in [2.45, 2.75) is 11.4 Å². The van der Waals surface area contributed by atoms with Crippen molar-refractivity contribution in [3.8, 4) is 11.5 Å². The second-order valence-corrected chi connectivity index (χ2v) is 8.93. The van der Waals surface area contributed by atoms with E-state index in [1.54, 1.807) is 36.4 Å². The van der Waals surface area contributed by atoms with Crippen LogP contribution in [0.15, 0.2) is 77.7 Å². The molecule has 0 spiro atoms. The number of hydrogen-bond acceptors (Lipinski definition) is 7. The number of carbonyl (C=O) groups is 1. The van der Waals surface area contributed by atoms with Crippen LogP contribution in [0.2, 0.25) is 0 Å². The van der Waals surface area contributed by atoms with E-state index in [9.17, 15) is 23.3 Å². The number of nitrogens with zero attached hydrogens (tertiary/aromatic N) is 2. The summed E-state index contributed by atoms with van der Waals surface area (Å²) in [4.78, 5) is 23.3. The number of carbonyl (C=O) groups excluding carboxylic acids is 1. The van der Waals surface area contributed by atoms with Gasteiger partial charge in [0.25, 0.3) is 15.7 Å². The van der Waals surface area contributed by atoms with Crippen molar-refractivity contribution < 1.29 is 27.6 Å². The highest BCUT2D eigenvalue weighted by Gasteiger charge is 2.28. The number of rotatable bonds is 8. The first-order valence-corrected chi connectivity index (χ1v) is 11.3. The van der Waals surface area contributed by atoms with Crippen LogP contribution in [0, 0.1) is 10.1 Å². The molecule has 10 nitrogen and oxygen atoms in total. The lowest BCUT2D eigenvalue weighted by Gasteiger charge is -2.24. The molecule has 0 aromatic heterocycles. The van der Waals surface area contributed by atoms with Crippen LogP contribution in [-0.2, 0) is 21.4 Å². The summed E-state index contributed by atoms with van der Waals surface area (Å²) in [7, 11) is -4.17. The first kappa shape index (κ1) is 22.1. The molecular formula is C22H19N3O7S. The maximum Gasteiger partial charge on any atom is 0.271 e. The summed E-state index contributed by atoms with van der Waals surface area (Å²) in [5, 5.41) is 13.9. The fourth-order valence-corrected chi connectivity index (χ4v) is 4.67. The molecule has 0 atom stereocenters. The Labute approximate surface area is 189 Å². The number of non-ortho nitro benzene ring substituents is 1. The third-order valence-corrected chi connectivity index (χ3v) is 6.66. The molecule has 3 aromatic rings. The number of anilines is 1. The van der Waals surface area contributed by atoms with Crippen molar-refractivity contribution >= 4 is 27.3 Å². The number of benzene rings is 3. The van der Waals surface area contributed by atoms with Crippen molar-refractivity contribution in [1.29, 1.82) is 0 Å². The average molecular weight is 469 g/mol. The molecule has 1 amide bonds. The van der Waals surface area contributed by atoms with E-state index < -0.39 is 27.4 Å². The monoisotopic (exact) mass is 469 g/mol. The van der Waals surface area contributed by atoms with Crippen LogP contribution in [-0.4, -0.2) is 32.6 Å². The summed E-state index contributed by atoms with van der Waals surface area (Å²) < 4.78 is 38.0. The molecule has 0 unspecified atom stereocenters. The van der Waals surface area contributed by atoms with Crippen LogP contribution in [0.25, 0.3) is 0 Å². The number of fused-ring (bicyclic) bond motifs is 1. The first-order valence-electron chi connectivity index (χ1n) is 9.82. The fraction of sp³-hybridized carbons (Fsp3) is 0.136. The predicted molar refractivity (Wildman–Crippen MR) is 118 cm³/mol. The van der Waals surface area contributed by atoms with E-state index in [0.29, 0.717) is 11.5 Å². The minimum atomic E-state index is -4.17. The molecular weight excluding hydrogens is 450 g/mol. The third-order valence-electron chi connectivity index (χ3n) is 4.87. The molecule has 0 fully saturated rings. The second-order valence-electron chi connectivity index (χ2n) is 7.07. The van der Waals surface area contributed by atoms with Gasteiger partial charge in [-0.3, -0.25) is 19.2 Å². The Balaban J connectivity index is 1.57. The molecule has 11 heteroatoms. The highest BCUT2D eigenvalue weighted by Crippen LogP contribution is 2.32. The Morgan fingerprint density at radius 2 is 1.76 bits per heavy atom. The lowest BCUT2D eigenvalue weighted by atomic mass is 10.2. The highest BCUT2D eigenvalue weighted by molar-refractivity contribution is 7.92. The van der Waals surface area contributed by atoms with Crippen molar-refractivity contribution in [1.82, 2.24) is 5.32 Å². The van der Waals surface area contributed by atoms with Gasteiger partial charge in [0.05, 0.1) is 15.5 Å². The van der Waals surface area contributed by atoms with Gasteiger partial charge in [0.2, 0.25) is 12.7 Å². The van der Waals surface area contributed by atoms with Gasteiger partial charge in [0.15, 0.2) is 11.5 Å². The highest BCUT2D eigenvalue weighted by atomic mass is 32.2. The number of nitrogens with one attached hydrogen (secondary N) is 1. The van der Waals surface area contributed by atoms with E-state index in [0.717, 1.165) is 15.9 Å². The van der Waals surface area contributed by atoms with E-state index in [2.05, 4.69) is 5.32 Å². The van der Waals surface area contributed by atoms with Gasteiger partial charge in [0, 0.05) is 18.7 Å². The Bertz CT molecular complexity index is 1300. The lowest BCUT2D eigenvalue weighted by molar-refractivity contribution is -0.384. The largest absolute Gasteiger partial charge is 0.454 e. The van der Waals surface area contributed by atoms with Crippen molar-refractivity contribution in [3.63, 3.8) is 0 Å². The first-order chi connectivity index (χ1) is 15.8. The zero-order valence-corrected chi connectivity index (χ0v) is 18.0. The predicted octanol–water partition coefficient (Wildman–Crippen LogP) is 2.84. The molecule has 1 aliphatic heterocycles. The number of nitro benzene ring substituents is 1. The summed E-state index contributed by atoms with van der Waals surface area (Å²) in [5.41, 5.74) is 0.452. The van der Waals surface area contributed by atoms with Gasteiger partial charge in [-0.1, -0.05) is 30.3 Å². The molecule has 0 saturated heterocycles. The number of nitro groups is 1. The Morgan fingerprint density at radius 3 is 2.52 bits per heavy atom. The number of ether oxygens (including phenoxy) is 2. The standard InChI is InChI=1S/C22H19N3O7S/c26-22(23-13-16-9-10-20-21(11-16)32-15-31-20)14-24(17-5-4-6-18(12-17)25(27)28)33(29,30)19-7-2-1-3-8-19/h1-12H,13-15H2,(H,23,26). The topological polar surface area (TPSA) is 128 Å². The Hall–Kier alpha value is -4.12. The van der Waals surface area contributed by atoms with Gasteiger partial charge >= 0.3 is 0 Å².